The highest BCUT2D eigenvalue weighted by Crippen LogP contribution is 2.39. The number of fused-ring (bicyclic) bond motifs is 1. The lowest BCUT2D eigenvalue weighted by Crippen LogP contribution is -2.28. The first-order valence-electron chi connectivity index (χ1n) is 6.22. The zero-order chi connectivity index (χ0) is 14.9. The Labute approximate surface area is 128 Å². The molecular weight excluding hydrogens is 321 g/mol. The minimum Gasteiger partial charge on any atom is -0.349 e. The molecule has 110 valence electrons. The molecule has 0 fully saturated rings. The molecule has 7 heteroatoms. The third-order valence-corrected chi connectivity index (χ3v) is 5.12. The van der Waals surface area contributed by atoms with Crippen LogP contribution in [0.5, 0.6) is 0 Å². The Kier molecular flexibility index (Phi) is 4.62. The van der Waals surface area contributed by atoms with Gasteiger partial charge in [0.1, 0.15) is 9.84 Å². The van der Waals surface area contributed by atoms with Crippen LogP contribution in [0.3, 0.4) is 0 Å². The fourth-order valence-corrected chi connectivity index (χ4v) is 3.33. The first kappa shape index (κ1) is 15.6. The molecule has 0 bridgehead atoms. The Bertz CT molecular complexity index is 643. The smallest absolute Gasteiger partial charge is 0.221 e. The van der Waals surface area contributed by atoms with E-state index < -0.39 is 9.84 Å². The summed E-state index contributed by atoms with van der Waals surface area (Å²) in [4.78, 5) is 11.8. The van der Waals surface area contributed by atoms with Gasteiger partial charge in [0.25, 0.3) is 0 Å². The van der Waals surface area contributed by atoms with Crippen molar-refractivity contribution < 1.29 is 13.2 Å². The second-order valence-corrected chi connectivity index (χ2v) is 8.01. The fraction of sp³-hybridized carbons (Fsp3) is 0.462. The fourth-order valence-electron chi connectivity index (χ4n) is 2.33. The summed E-state index contributed by atoms with van der Waals surface area (Å²) >= 11 is 12.1. The van der Waals surface area contributed by atoms with Crippen molar-refractivity contribution in [3.05, 3.63) is 33.3 Å². The van der Waals surface area contributed by atoms with Crippen LogP contribution in [-0.2, 0) is 21.1 Å². The molecule has 20 heavy (non-hydrogen) atoms. The summed E-state index contributed by atoms with van der Waals surface area (Å²) in [6.45, 7) is 0. The second-order valence-electron chi connectivity index (χ2n) is 4.97. The van der Waals surface area contributed by atoms with Crippen molar-refractivity contribution in [3.63, 3.8) is 0 Å². The molecule has 0 heterocycles. The lowest BCUT2D eigenvalue weighted by molar-refractivity contribution is -0.121. The molecule has 0 spiro atoms. The monoisotopic (exact) mass is 335 g/mol. The Morgan fingerprint density at radius 2 is 2.10 bits per heavy atom. The minimum atomic E-state index is -3.13. The van der Waals surface area contributed by atoms with Crippen LogP contribution in [0.2, 0.25) is 10.0 Å². The Balaban J connectivity index is 2.04. The van der Waals surface area contributed by atoms with Crippen LogP contribution in [0.4, 0.5) is 0 Å². The van der Waals surface area contributed by atoms with E-state index in [0.29, 0.717) is 10.0 Å². The van der Waals surface area contributed by atoms with E-state index in [1.165, 1.54) is 0 Å². The van der Waals surface area contributed by atoms with E-state index in [1.54, 1.807) is 6.07 Å². The van der Waals surface area contributed by atoms with Gasteiger partial charge in [0.2, 0.25) is 5.91 Å². The van der Waals surface area contributed by atoms with E-state index in [9.17, 15) is 13.2 Å². The van der Waals surface area contributed by atoms with Gasteiger partial charge in [-0.2, -0.15) is 0 Å². The van der Waals surface area contributed by atoms with Gasteiger partial charge < -0.3 is 5.32 Å². The van der Waals surface area contributed by atoms with Gasteiger partial charge in [-0.1, -0.05) is 29.3 Å². The first-order chi connectivity index (χ1) is 9.28. The summed E-state index contributed by atoms with van der Waals surface area (Å²) in [6.07, 6.45) is 2.60. The molecule has 0 saturated heterocycles. The van der Waals surface area contributed by atoms with Crippen molar-refractivity contribution in [2.75, 3.05) is 12.0 Å². The molecule has 1 aliphatic carbocycles. The Hall–Kier alpha value is -0.780. The van der Waals surface area contributed by atoms with E-state index >= 15 is 0 Å². The summed E-state index contributed by atoms with van der Waals surface area (Å²) in [5, 5.41) is 3.90. The molecule has 1 atom stereocenters. The molecule has 0 radical (unpaired) electrons. The van der Waals surface area contributed by atoms with Crippen molar-refractivity contribution in [2.24, 2.45) is 0 Å². The van der Waals surface area contributed by atoms with Crippen LogP contribution in [0.25, 0.3) is 0 Å². The predicted octanol–water partition coefficient (Wildman–Crippen LogP) is 2.53. The van der Waals surface area contributed by atoms with Crippen molar-refractivity contribution >= 4 is 38.9 Å². The second kappa shape index (κ2) is 5.92. The highest BCUT2D eigenvalue weighted by atomic mass is 35.5. The number of sulfone groups is 1. The third-order valence-electron chi connectivity index (χ3n) is 3.33. The van der Waals surface area contributed by atoms with E-state index in [2.05, 4.69) is 5.32 Å². The maximum Gasteiger partial charge on any atom is 0.221 e. The van der Waals surface area contributed by atoms with Gasteiger partial charge in [0.05, 0.1) is 21.8 Å². The van der Waals surface area contributed by atoms with Crippen molar-refractivity contribution in [1.82, 2.24) is 5.32 Å². The summed E-state index contributed by atoms with van der Waals surface area (Å²) in [5.74, 6) is -0.404. The number of carbonyl (C=O) groups excluding carboxylic acids is 1. The van der Waals surface area contributed by atoms with Crippen LogP contribution >= 0.6 is 23.2 Å². The summed E-state index contributed by atoms with van der Waals surface area (Å²) < 4.78 is 22.1. The van der Waals surface area contributed by atoms with Crippen molar-refractivity contribution in [2.45, 2.75) is 25.3 Å². The Morgan fingerprint density at radius 1 is 1.40 bits per heavy atom. The summed E-state index contributed by atoms with van der Waals surface area (Å²) in [6, 6.07) is 3.45. The van der Waals surface area contributed by atoms with Crippen LogP contribution in [-0.4, -0.2) is 26.3 Å². The number of hydrogen-bond acceptors (Lipinski definition) is 3. The molecule has 1 aromatic carbocycles. The predicted molar refractivity (Wildman–Crippen MR) is 80.0 cm³/mol. The third kappa shape index (κ3) is 3.65. The topological polar surface area (TPSA) is 63.2 Å². The molecule has 0 aromatic heterocycles. The van der Waals surface area contributed by atoms with Gasteiger partial charge in [-0.25, -0.2) is 8.42 Å². The molecular formula is C13H15Cl2NO3S. The molecule has 1 N–H and O–H groups in total. The number of hydrogen-bond donors (Lipinski definition) is 1. The first-order valence-corrected chi connectivity index (χ1v) is 9.03. The van der Waals surface area contributed by atoms with Crippen molar-refractivity contribution in [3.8, 4) is 0 Å². The van der Waals surface area contributed by atoms with Crippen LogP contribution in [0.1, 0.15) is 30.0 Å². The van der Waals surface area contributed by atoms with E-state index in [1.807, 2.05) is 6.07 Å². The molecule has 2 rings (SSSR count). The lowest BCUT2D eigenvalue weighted by atomic mass is 10.1. The van der Waals surface area contributed by atoms with Gasteiger partial charge in [0, 0.05) is 12.7 Å². The average Bonchev–Trinajstić information content (AvgIpc) is 2.74. The molecule has 0 saturated carbocycles. The van der Waals surface area contributed by atoms with Gasteiger partial charge in [-0.15, -0.1) is 0 Å². The molecule has 1 amide bonds. The van der Waals surface area contributed by atoms with Crippen LogP contribution in [0.15, 0.2) is 12.1 Å². The molecule has 4 nitrogen and oxygen atoms in total. The largest absolute Gasteiger partial charge is 0.349 e. The normalized spacial score (nSPS) is 17.9. The number of nitrogens with one attached hydrogen (secondary N) is 1. The highest BCUT2D eigenvalue weighted by Gasteiger charge is 2.26. The summed E-state index contributed by atoms with van der Waals surface area (Å²) in [7, 11) is -3.13. The van der Waals surface area contributed by atoms with Gasteiger partial charge in [-0.05, 0) is 30.0 Å². The number of rotatable bonds is 4. The van der Waals surface area contributed by atoms with Gasteiger partial charge in [0.15, 0.2) is 0 Å². The SMILES string of the molecule is CS(=O)(=O)CCC(=O)N[C@@H]1CCc2c1ccc(Cl)c2Cl. The quantitative estimate of drug-likeness (QED) is 0.919. The number of halogens is 2. The van der Waals surface area contributed by atoms with Gasteiger partial charge >= 0.3 is 0 Å². The number of amides is 1. The summed E-state index contributed by atoms with van der Waals surface area (Å²) in [5.41, 5.74) is 1.93. The zero-order valence-corrected chi connectivity index (χ0v) is 13.3. The maximum absolute atomic E-state index is 11.8. The Morgan fingerprint density at radius 3 is 2.75 bits per heavy atom. The zero-order valence-electron chi connectivity index (χ0n) is 10.9. The van der Waals surface area contributed by atoms with Crippen LogP contribution in [0, 0.1) is 0 Å². The van der Waals surface area contributed by atoms with Gasteiger partial charge in [-0.3, -0.25) is 4.79 Å². The molecule has 0 aliphatic heterocycles. The average molecular weight is 336 g/mol. The molecule has 0 unspecified atom stereocenters. The van der Waals surface area contributed by atoms with Crippen molar-refractivity contribution in [1.29, 1.82) is 0 Å². The van der Waals surface area contributed by atoms with Crippen LogP contribution < -0.4 is 5.32 Å². The maximum atomic E-state index is 11.8. The molecule has 1 aliphatic rings. The van der Waals surface area contributed by atoms with E-state index in [4.69, 9.17) is 23.2 Å². The number of carbonyl (C=O) groups is 1. The molecule has 1 aromatic rings. The van der Waals surface area contributed by atoms with E-state index in [0.717, 1.165) is 30.2 Å². The van der Waals surface area contributed by atoms with E-state index in [-0.39, 0.29) is 24.1 Å². The minimum absolute atomic E-state index is 0.0218. The number of benzene rings is 1. The lowest BCUT2D eigenvalue weighted by Gasteiger charge is -2.14. The standard InChI is InChI=1S/C13H15Cl2NO3S/c1-20(18,19)7-6-12(17)16-11-5-3-9-8(11)2-4-10(14)13(9)15/h2,4,11H,3,5-7H2,1H3,(H,16,17)/t11-/m1/s1. The highest BCUT2D eigenvalue weighted by molar-refractivity contribution is 7.90.